The van der Waals surface area contributed by atoms with Gasteiger partial charge in [0.25, 0.3) is 0 Å². The summed E-state index contributed by atoms with van der Waals surface area (Å²) in [7, 11) is 0. The number of halogens is 1. The van der Waals surface area contributed by atoms with Crippen LogP contribution in [-0.2, 0) is 4.74 Å². The van der Waals surface area contributed by atoms with Crippen LogP contribution in [0.3, 0.4) is 0 Å². The van der Waals surface area contributed by atoms with Crippen LogP contribution in [0.1, 0.15) is 32.6 Å². The van der Waals surface area contributed by atoms with Crippen LogP contribution in [0.25, 0.3) is 0 Å². The van der Waals surface area contributed by atoms with Crippen LogP contribution in [0, 0.1) is 5.92 Å². The fraction of sp³-hybridized carbons (Fsp3) is 0.923. The van der Waals surface area contributed by atoms with Gasteiger partial charge in [-0.05, 0) is 18.8 Å². The third-order valence-electron chi connectivity index (χ3n) is 3.94. The standard InChI is InChI=1S/C13H25N3O2.HI/c1-11-3-2-6-16(9-11)12(14)15-10-13(17)4-7-18-8-5-13;/h11,17H,2-10H2,1H3,(H2,14,15);1H. The van der Waals surface area contributed by atoms with E-state index in [9.17, 15) is 5.11 Å². The highest BCUT2D eigenvalue weighted by molar-refractivity contribution is 14.0. The average Bonchev–Trinajstić information content (AvgIpc) is 2.37. The van der Waals surface area contributed by atoms with Crippen LogP contribution in [-0.4, -0.2) is 54.4 Å². The molecule has 0 aliphatic carbocycles. The van der Waals surface area contributed by atoms with Crippen molar-refractivity contribution in [1.29, 1.82) is 0 Å². The van der Waals surface area contributed by atoms with Crippen molar-refractivity contribution >= 4 is 29.9 Å². The monoisotopic (exact) mass is 383 g/mol. The molecule has 112 valence electrons. The molecule has 0 amide bonds. The molecule has 0 saturated carbocycles. The number of rotatable bonds is 2. The molecule has 0 bridgehead atoms. The van der Waals surface area contributed by atoms with Gasteiger partial charge in [0.05, 0.1) is 12.1 Å². The van der Waals surface area contributed by atoms with Crippen molar-refractivity contribution in [3.63, 3.8) is 0 Å². The Hall–Kier alpha value is -0.0800. The molecule has 5 nitrogen and oxygen atoms in total. The molecule has 1 atom stereocenters. The van der Waals surface area contributed by atoms with Crippen molar-refractivity contribution in [2.75, 3.05) is 32.8 Å². The van der Waals surface area contributed by atoms with Gasteiger partial charge in [0.2, 0.25) is 0 Å². The zero-order valence-corrected chi connectivity index (χ0v) is 14.0. The van der Waals surface area contributed by atoms with Gasteiger partial charge >= 0.3 is 0 Å². The minimum absolute atomic E-state index is 0. The van der Waals surface area contributed by atoms with Gasteiger partial charge in [0.15, 0.2) is 5.96 Å². The molecule has 19 heavy (non-hydrogen) atoms. The van der Waals surface area contributed by atoms with Crippen LogP contribution in [0.2, 0.25) is 0 Å². The molecule has 1 unspecified atom stereocenters. The van der Waals surface area contributed by atoms with E-state index in [1.165, 1.54) is 12.8 Å². The van der Waals surface area contributed by atoms with E-state index in [1.54, 1.807) is 0 Å². The van der Waals surface area contributed by atoms with E-state index in [2.05, 4.69) is 16.8 Å². The zero-order chi connectivity index (χ0) is 13.0. The molecule has 3 N–H and O–H groups in total. The number of aliphatic hydroxyl groups is 1. The lowest BCUT2D eigenvalue weighted by Crippen LogP contribution is -2.45. The van der Waals surface area contributed by atoms with Crippen LogP contribution in [0.4, 0.5) is 0 Å². The maximum absolute atomic E-state index is 10.3. The summed E-state index contributed by atoms with van der Waals surface area (Å²) in [5, 5.41) is 10.3. The Balaban J connectivity index is 0.00000180. The molecule has 2 saturated heterocycles. The number of nitrogens with zero attached hydrogens (tertiary/aromatic N) is 2. The number of guanidine groups is 1. The molecule has 0 aromatic carbocycles. The molecule has 2 fully saturated rings. The number of likely N-dealkylation sites (tertiary alicyclic amines) is 1. The molecule has 2 aliphatic rings. The van der Waals surface area contributed by atoms with E-state index < -0.39 is 5.60 Å². The normalized spacial score (nSPS) is 27.8. The summed E-state index contributed by atoms with van der Waals surface area (Å²) >= 11 is 0. The van der Waals surface area contributed by atoms with Crippen molar-refractivity contribution in [3.05, 3.63) is 0 Å². The molecule has 6 heteroatoms. The van der Waals surface area contributed by atoms with Gasteiger partial charge in [-0.2, -0.15) is 0 Å². The average molecular weight is 383 g/mol. The highest BCUT2D eigenvalue weighted by atomic mass is 127. The number of hydrogen-bond acceptors (Lipinski definition) is 3. The molecule has 0 aromatic heterocycles. The van der Waals surface area contributed by atoms with Crippen molar-refractivity contribution in [1.82, 2.24) is 4.90 Å². The lowest BCUT2D eigenvalue weighted by Gasteiger charge is -2.33. The quantitative estimate of drug-likeness (QED) is 0.427. The second kappa shape index (κ2) is 7.64. The molecule has 0 radical (unpaired) electrons. The predicted octanol–water partition coefficient (Wildman–Crippen LogP) is 1.19. The Labute approximate surface area is 132 Å². The second-order valence-corrected chi connectivity index (χ2v) is 5.70. The zero-order valence-electron chi connectivity index (χ0n) is 11.7. The minimum atomic E-state index is -0.718. The largest absolute Gasteiger partial charge is 0.388 e. The van der Waals surface area contributed by atoms with Crippen molar-refractivity contribution in [2.24, 2.45) is 16.6 Å². The van der Waals surface area contributed by atoms with E-state index in [-0.39, 0.29) is 24.0 Å². The van der Waals surface area contributed by atoms with E-state index in [0.29, 0.717) is 44.5 Å². The SMILES string of the molecule is CC1CCCN(C(N)=NCC2(O)CCOCC2)C1.I. The first-order valence-electron chi connectivity index (χ1n) is 6.94. The first-order valence-corrected chi connectivity index (χ1v) is 6.94. The van der Waals surface area contributed by atoms with Gasteiger partial charge in [-0.3, -0.25) is 4.99 Å². The number of hydrogen-bond donors (Lipinski definition) is 2. The maximum Gasteiger partial charge on any atom is 0.191 e. The highest BCUT2D eigenvalue weighted by Crippen LogP contribution is 2.21. The molecular formula is C13H26IN3O2. The van der Waals surface area contributed by atoms with Crippen molar-refractivity contribution < 1.29 is 9.84 Å². The minimum Gasteiger partial charge on any atom is -0.388 e. The van der Waals surface area contributed by atoms with Crippen molar-refractivity contribution in [3.8, 4) is 0 Å². The van der Waals surface area contributed by atoms with Crippen molar-refractivity contribution in [2.45, 2.75) is 38.2 Å². The first-order chi connectivity index (χ1) is 8.59. The number of nitrogens with two attached hydrogens (primary N) is 1. The summed E-state index contributed by atoms with van der Waals surface area (Å²) in [6.45, 7) is 5.84. The fourth-order valence-electron chi connectivity index (χ4n) is 2.64. The smallest absolute Gasteiger partial charge is 0.191 e. The number of ether oxygens (including phenoxy) is 1. The molecular weight excluding hydrogens is 357 g/mol. The Morgan fingerprint density at radius 1 is 1.47 bits per heavy atom. The summed E-state index contributed by atoms with van der Waals surface area (Å²) in [6, 6.07) is 0. The van der Waals surface area contributed by atoms with E-state index >= 15 is 0 Å². The molecule has 2 heterocycles. The summed E-state index contributed by atoms with van der Waals surface area (Å²) in [6.07, 6.45) is 3.75. The van der Waals surface area contributed by atoms with Gasteiger partial charge in [-0.25, -0.2) is 0 Å². The first kappa shape index (κ1) is 17.0. The fourth-order valence-corrected chi connectivity index (χ4v) is 2.64. The Kier molecular flexibility index (Phi) is 6.82. The Morgan fingerprint density at radius 2 is 2.16 bits per heavy atom. The second-order valence-electron chi connectivity index (χ2n) is 5.70. The Bertz CT molecular complexity index is 306. The van der Waals surface area contributed by atoms with Gasteiger partial charge < -0.3 is 20.5 Å². The van der Waals surface area contributed by atoms with Crippen LogP contribution < -0.4 is 5.73 Å². The Morgan fingerprint density at radius 3 is 2.79 bits per heavy atom. The molecule has 0 aromatic rings. The highest BCUT2D eigenvalue weighted by Gasteiger charge is 2.29. The summed E-state index contributed by atoms with van der Waals surface area (Å²) < 4.78 is 5.25. The van der Waals surface area contributed by atoms with Gasteiger partial charge in [-0.15, -0.1) is 24.0 Å². The third kappa shape index (κ3) is 5.07. The lowest BCUT2D eigenvalue weighted by molar-refractivity contribution is -0.0566. The summed E-state index contributed by atoms with van der Waals surface area (Å²) in [5.41, 5.74) is 5.30. The van der Waals surface area contributed by atoms with E-state index in [0.717, 1.165) is 13.1 Å². The summed E-state index contributed by atoms with van der Waals surface area (Å²) in [4.78, 5) is 6.53. The molecule has 0 spiro atoms. The van der Waals surface area contributed by atoms with Gasteiger partial charge in [-0.1, -0.05) is 6.92 Å². The molecule has 2 aliphatic heterocycles. The van der Waals surface area contributed by atoms with Crippen LogP contribution >= 0.6 is 24.0 Å². The van der Waals surface area contributed by atoms with Crippen LogP contribution in [0.5, 0.6) is 0 Å². The van der Waals surface area contributed by atoms with Gasteiger partial charge in [0.1, 0.15) is 0 Å². The topological polar surface area (TPSA) is 71.1 Å². The lowest BCUT2D eigenvalue weighted by atomic mass is 9.95. The summed E-state index contributed by atoms with van der Waals surface area (Å²) in [5.74, 6) is 1.26. The number of aliphatic imine (C=N–C) groups is 1. The third-order valence-corrected chi connectivity index (χ3v) is 3.94. The maximum atomic E-state index is 10.3. The molecule has 2 rings (SSSR count). The van der Waals surface area contributed by atoms with E-state index in [1.807, 2.05) is 0 Å². The number of piperidine rings is 1. The van der Waals surface area contributed by atoms with E-state index in [4.69, 9.17) is 10.5 Å². The van der Waals surface area contributed by atoms with Crippen LogP contribution in [0.15, 0.2) is 4.99 Å². The van der Waals surface area contributed by atoms with Gasteiger partial charge in [0, 0.05) is 39.1 Å². The predicted molar refractivity (Wildman–Crippen MR) is 86.9 cm³/mol.